The molecule has 0 spiro atoms. The van der Waals surface area contributed by atoms with Crippen molar-refractivity contribution < 1.29 is 22.8 Å². The van der Waals surface area contributed by atoms with E-state index in [1.165, 1.54) is 12.1 Å². The predicted molar refractivity (Wildman–Crippen MR) is 65.5 cm³/mol. The number of ketones is 2. The number of benzene rings is 1. The Morgan fingerprint density at radius 1 is 1.00 bits per heavy atom. The number of Topliss-reactive ketones (excluding diaryl/α,β-unsaturated/α-hetero) is 2. The molecule has 19 heavy (non-hydrogen) atoms. The monoisotopic (exact) mass is 272 g/mol. The first kappa shape index (κ1) is 15.4. The number of carbonyl (C=O) groups is 2. The molecule has 0 saturated carbocycles. The fourth-order valence-electron chi connectivity index (χ4n) is 1.51. The van der Waals surface area contributed by atoms with Crippen molar-refractivity contribution in [1.29, 1.82) is 0 Å². The van der Waals surface area contributed by atoms with Crippen LogP contribution >= 0.6 is 0 Å². The SMILES string of the molecule is Cc1ccc(C(=O)CC(=O)C(CF)(CF)CF)cc1. The van der Waals surface area contributed by atoms with Gasteiger partial charge in [-0.1, -0.05) is 29.8 Å². The number of hydrogen-bond donors (Lipinski definition) is 0. The van der Waals surface area contributed by atoms with Crippen LogP contribution < -0.4 is 0 Å². The second kappa shape index (κ2) is 6.50. The fourth-order valence-corrected chi connectivity index (χ4v) is 1.51. The number of alkyl halides is 3. The number of rotatable bonds is 7. The Bertz CT molecular complexity index is 442. The van der Waals surface area contributed by atoms with Crippen molar-refractivity contribution in [2.45, 2.75) is 13.3 Å². The van der Waals surface area contributed by atoms with Gasteiger partial charge in [0.25, 0.3) is 0 Å². The van der Waals surface area contributed by atoms with Gasteiger partial charge >= 0.3 is 0 Å². The highest BCUT2D eigenvalue weighted by molar-refractivity contribution is 6.09. The molecule has 0 aromatic heterocycles. The third kappa shape index (κ3) is 3.43. The summed E-state index contributed by atoms with van der Waals surface area (Å²) < 4.78 is 38.0. The topological polar surface area (TPSA) is 34.1 Å². The molecule has 1 aromatic carbocycles. The van der Waals surface area contributed by atoms with Crippen LogP contribution in [0.4, 0.5) is 13.2 Å². The summed E-state index contributed by atoms with van der Waals surface area (Å²) in [5, 5.41) is 0. The van der Waals surface area contributed by atoms with Gasteiger partial charge in [-0.25, -0.2) is 13.2 Å². The lowest BCUT2D eigenvalue weighted by molar-refractivity contribution is -0.130. The van der Waals surface area contributed by atoms with Crippen molar-refractivity contribution in [1.82, 2.24) is 0 Å². The van der Waals surface area contributed by atoms with E-state index in [4.69, 9.17) is 0 Å². The van der Waals surface area contributed by atoms with E-state index in [0.717, 1.165) is 5.56 Å². The highest BCUT2D eigenvalue weighted by Crippen LogP contribution is 2.24. The average Bonchev–Trinajstić information content (AvgIpc) is 2.42. The number of aryl methyl sites for hydroxylation is 1. The van der Waals surface area contributed by atoms with Crippen molar-refractivity contribution in [3.8, 4) is 0 Å². The van der Waals surface area contributed by atoms with E-state index in [1.807, 2.05) is 6.92 Å². The van der Waals surface area contributed by atoms with Crippen molar-refractivity contribution in [2.75, 3.05) is 20.0 Å². The highest BCUT2D eigenvalue weighted by Gasteiger charge is 2.40. The minimum Gasteiger partial charge on any atom is -0.298 e. The Kier molecular flexibility index (Phi) is 5.27. The van der Waals surface area contributed by atoms with Gasteiger partial charge in [-0.3, -0.25) is 9.59 Å². The number of carbonyl (C=O) groups excluding carboxylic acids is 2. The van der Waals surface area contributed by atoms with E-state index in [-0.39, 0.29) is 5.56 Å². The van der Waals surface area contributed by atoms with Crippen LogP contribution in [0.15, 0.2) is 24.3 Å². The summed E-state index contributed by atoms with van der Waals surface area (Å²) in [7, 11) is 0. The summed E-state index contributed by atoms with van der Waals surface area (Å²) in [6.07, 6.45) is -0.694. The zero-order valence-electron chi connectivity index (χ0n) is 10.6. The zero-order valence-corrected chi connectivity index (χ0v) is 10.6. The maximum Gasteiger partial charge on any atom is 0.170 e. The lowest BCUT2D eigenvalue weighted by Crippen LogP contribution is -2.39. The number of hydrogen-bond acceptors (Lipinski definition) is 2. The molecule has 0 unspecified atom stereocenters. The molecule has 0 N–H and O–H groups in total. The van der Waals surface area contributed by atoms with Crippen LogP contribution in [0.5, 0.6) is 0 Å². The molecule has 1 rings (SSSR count). The van der Waals surface area contributed by atoms with Crippen molar-refractivity contribution in [3.63, 3.8) is 0 Å². The standard InChI is InChI=1S/C14H15F3O2/c1-10-2-4-11(5-3-10)12(18)6-13(19)14(7-15,8-16)9-17/h2-5H,6-9H2,1H3. The Hall–Kier alpha value is -1.65. The molecule has 0 aliphatic heterocycles. The molecule has 0 heterocycles. The van der Waals surface area contributed by atoms with Crippen molar-refractivity contribution in [3.05, 3.63) is 35.4 Å². The van der Waals surface area contributed by atoms with Gasteiger partial charge in [0.15, 0.2) is 11.6 Å². The van der Waals surface area contributed by atoms with Crippen LogP contribution in [0, 0.1) is 12.3 Å². The average molecular weight is 272 g/mol. The Morgan fingerprint density at radius 2 is 1.47 bits per heavy atom. The van der Waals surface area contributed by atoms with E-state index in [2.05, 4.69) is 0 Å². The van der Waals surface area contributed by atoms with Gasteiger partial charge in [-0.15, -0.1) is 0 Å². The molecule has 0 atom stereocenters. The molecule has 0 fully saturated rings. The zero-order chi connectivity index (χ0) is 14.5. The molecule has 0 bridgehead atoms. The van der Waals surface area contributed by atoms with Gasteiger partial charge in [-0.2, -0.15) is 0 Å². The van der Waals surface area contributed by atoms with Crippen LogP contribution in [0.2, 0.25) is 0 Å². The van der Waals surface area contributed by atoms with Crippen LogP contribution in [-0.4, -0.2) is 31.6 Å². The molecule has 0 aliphatic carbocycles. The fraction of sp³-hybridized carbons (Fsp3) is 0.429. The summed E-state index contributed by atoms with van der Waals surface area (Å²) >= 11 is 0. The summed E-state index contributed by atoms with van der Waals surface area (Å²) in [4.78, 5) is 23.4. The van der Waals surface area contributed by atoms with Crippen LogP contribution in [0.3, 0.4) is 0 Å². The maximum atomic E-state index is 12.7. The quantitative estimate of drug-likeness (QED) is 0.565. The summed E-state index contributed by atoms with van der Waals surface area (Å²) in [6, 6.07) is 6.41. The molecule has 1 aromatic rings. The first-order valence-electron chi connectivity index (χ1n) is 5.80. The Morgan fingerprint density at radius 3 is 1.89 bits per heavy atom. The summed E-state index contributed by atoms with van der Waals surface area (Å²) in [5.41, 5.74) is -1.11. The summed E-state index contributed by atoms with van der Waals surface area (Å²) in [6.45, 7) is -2.50. The minimum atomic E-state index is -2.32. The van der Waals surface area contributed by atoms with E-state index in [0.29, 0.717) is 0 Å². The molecule has 2 nitrogen and oxygen atoms in total. The largest absolute Gasteiger partial charge is 0.298 e. The lowest BCUT2D eigenvalue weighted by Gasteiger charge is -2.21. The first-order chi connectivity index (χ1) is 8.99. The summed E-state index contributed by atoms with van der Waals surface area (Å²) in [5.74, 6) is -1.60. The van der Waals surface area contributed by atoms with Gasteiger partial charge in [-0.05, 0) is 6.92 Å². The van der Waals surface area contributed by atoms with Crippen LogP contribution in [0.25, 0.3) is 0 Å². The van der Waals surface area contributed by atoms with E-state index in [9.17, 15) is 22.8 Å². The van der Waals surface area contributed by atoms with Gasteiger partial charge in [0.1, 0.15) is 25.4 Å². The normalized spacial score (nSPS) is 11.4. The molecule has 0 radical (unpaired) electrons. The van der Waals surface area contributed by atoms with Crippen molar-refractivity contribution >= 4 is 11.6 Å². The first-order valence-corrected chi connectivity index (χ1v) is 5.80. The van der Waals surface area contributed by atoms with E-state index < -0.39 is 43.4 Å². The van der Waals surface area contributed by atoms with Gasteiger partial charge < -0.3 is 0 Å². The molecular weight excluding hydrogens is 257 g/mol. The van der Waals surface area contributed by atoms with Crippen LogP contribution in [0.1, 0.15) is 22.3 Å². The molecular formula is C14H15F3O2. The van der Waals surface area contributed by atoms with Gasteiger partial charge in [0.2, 0.25) is 0 Å². The second-order valence-corrected chi connectivity index (χ2v) is 4.57. The molecule has 0 saturated heterocycles. The third-order valence-electron chi connectivity index (χ3n) is 3.05. The maximum absolute atomic E-state index is 12.7. The van der Waals surface area contributed by atoms with Crippen molar-refractivity contribution in [2.24, 2.45) is 5.41 Å². The minimum absolute atomic E-state index is 0.268. The number of halogens is 3. The second-order valence-electron chi connectivity index (χ2n) is 4.57. The van der Waals surface area contributed by atoms with Crippen LogP contribution in [-0.2, 0) is 4.79 Å². The molecule has 0 aliphatic rings. The van der Waals surface area contributed by atoms with E-state index >= 15 is 0 Å². The van der Waals surface area contributed by atoms with Gasteiger partial charge in [0.05, 0.1) is 6.42 Å². The lowest BCUT2D eigenvalue weighted by atomic mass is 9.84. The predicted octanol–water partition coefficient (Wildman–Crippen LogP) is 3.03. The van der Waals surface area contributed by atoms with Gasteiger partial charge in [0, 0.05) is 5.56 Å². The molecule has 0 amide bonds. The smallest absolute Gasteiger partial charge is 0.170 e. The third-order valence-corrected chi connectivity index (χ3v) is 3.05. The Balaban J connectivity index is 2.81. The van der Waals surface area contributed by atoms with E-state index in [1.54, 1.807) is 12.1 Å². The Labute approximate surface area is 109 Å². The molecule has 104 valence electrons. The molecule has 5 heteroatoms. The highest BCUT2D eigenvalue weighted by atomic mass is 19.1.